The van der Waals surface area contributed by atoms with Gasteiger partial charge in [-0.1, -0.05) is 90.4 Å². The summed E-state index contributed by atoms with van der Waals surface area (Å²) in [6, 6.07) is 35.2. The van der Waals surface area contributed by atoms with Crippen molar-refractivity contribution in [2.45, 2.75) is 0 Å². The highest BCUT2D eigenvalue weighted by Gasteiger charge is 2.32. The molecule has 6 rings (SSSR count). The average molecular weight is 329 g/mol. The van der Waals surface area contributed by atoms with Crippen molar-refractivity contribution in [3.63, 3.8) is 0 Å². The maximum Gasteiger partial charge on any atom is 0.246 e. The Morgan fingerprint density at radius 1 is 0.538 bits per heavy atom. The summed E-state index contributed by atoms with van der Waals surface area (Å²) in [5.41, 5.74) is 8.05. The van der Waals surface area contributed by atoms with Crippen LogP contribution < -0.4 is 16.4 Å². The van der Waals surface area contributed by atoms with Crippen LogP contribution in [0.5, 0.6) is 0 Å². The van der Waals surface area contributed by atoms with E-state index in [9.17, 15) is 0 Å². The van der Waals surface area contributed by atoms with Gasteiger partial charge in [-0.15, -0.1) is 0 Å². The van der Waals surface area contributed by atoms with E-state index < -0.39 is 0 Å². The van der Waals surface area contributed by atoms with E-state index in [4.69, 9.17) is 0 Å². The van der Waals surface area contributed by atoms with Crippen LogP contribution in [0.3, 0.4) is 0 Å². The van der Waals surface area contributed by atoms with E-state index in [1.807, 2.05) is 0 Å². The largest absolute Gasteiger partial charge is 0.310 e. The molecule has 0 radical (unpaired) electrons. The zero-order valence-electron chi connectivity index (χ0n) is 14.3. The number of benzene rings is 4. The Kier molecular flexibility index (Phi) is 2.75. The molecule has 1 aliphatic heterocycles. The topological polar surface area (TPSA) is 4.93 Å². The van der Waals surface area contributed by atoms with E-state index in [1.54, 1.807) is 0 Å². The van der Waals surface area contributed by atoms with Gasteiger partial charge in [-0.05, 0) is 23.1 Å². The van der Waals surface area contributed by atoms with Crippen LogP contribution in [-0.2, 0) is 0 Å². The van der Waals surface area contributed by atoms with E-state index in [0.29, 0.717) is 0 Å². The molecule has 0 bridgehead atoms. The molecule has 0 saturated carbocycles. The summed E-state index contributed by atoms with van der Waals surface area (Å²) >= 11 is 0. The fourth-order valence-electron chi connectivity index (χ4n) is 4.64. The standard InChI is InChI=1S/C24H16BN/c1-2-9-17(10-3-1)25-20-13-5-7-16-23(20)26-22-15-6-4-11-18(22)19-12-8-14-21(25)24(19)26/h1-16H. The summed E-state index contributed by atoms with van der Waals surface area (Å²) in [6.07, 6.45) is 0. The lowest BCUT2D eigenvalue weighted by atomic mass is 9.35. The van der Waals surface area contributed by atoms with Crippen molar-refractivity contribution >= 4 is 44.9 Å². The Bertz CT molecular complexity index is 1280. The lowest BCUT2D eigenvalue weighted by Crippen LogP contribution is -2.55. The second-order valence-corrected chi connectivity index (χ2v) is 7.00. The quantitative estimate of drug-likeness (QED) is 0.406. The first-order chi connectivity index (χ1) is 12.9. The zero-order valence-corrected chi connectivity index (χ0v) is 14.3. The van der Waals surface area contributed by atoms with Crippen molar-refractivity contribution in [3.05, 3.63) is 97.1 Å². The molecule has 0 atom stereocenters. The van der Waals surface area contributed by atoms with Crippen LogP contribution in [0.2, 0.25) is 0 Å². The van der Waals surface area contributed by atoms with Gasteiger partial charge in [-0.3, -0.25) is 0 Å². The number of fused-ring (bicyclic) bond motifs is 5. The Morgan fingerprint density at radius 2 is 1.23 bits per heavy atom. The molecule has 2 heterocycles. The van der Waals surface area contributed by atoms with E-state index in [0.717, 1.165) is 0 Å². The molecular formula is C24H16BN. The number of aromatic nitrogens is 1. The van der Waals surface area contributed by atoms with Gasteiger partial charge in [0.05, 0.1) is 5.52 Å². The third-order valence-corrected chi connectivity index (χ3v) is 5.66. The molecular weight excluding hydrogens is 313 g/mol. The predicted molar refractivity (Wildman–Crippen MR) is 112 cm³/mol. The maximum atomic E-state index is 2.45. The van der Waals surface area contributed by atoms with Crippen LogP contribution in [0.15, 0.2) is 97.1 Å². The monoisotopic (exact) mass is 329 g/mol. The van der Waals surface area contributed by atoms with Crippen molar-refractivity contribution in [1.82, 2.24) is 4.57 Å². The van der Waals surface area contributed by atoms with Gasteiger partial charge in [0.15, 0.2) is 0 Å². The third-order valence-electron chi connectivity index (χ3n) is 5.66. The fraction of sp³-hybridized carbons (Fsp3) is 0. The van der Waals surface area contributed by atoms with Gasteiger partial charge in [-0.2, -0.15) is 0 Å². The van der Waals surface area contributed by atoms with Crippen molar-refractivity contribution in [1.29, 1.82) is 0 Å². The molecule has 1 aliphatic rings. The SMILES string of the molecule is c1ccc(B2c3ccccc3-n3c4ccccc4c4cccc2c43)cc1. The molecule has 5 aromatic rings. The summed E-state index contributed by atoms with van der Waals surface area (Å²) < 4.78 is 2.45. The zero-order chi connectivity index (χ0) is 17.1. The molecule has 0 fully saturated rings. The average Bonchev–Trinajstić information content (AvgIpc) is 3.05. The van der Waals surface area contributed by atoms with E-state index in [-0.39, 0.29) is 6.71 Å². The minimum atomic E-state index is 0.271. The first-order valence-corrected chi connectivity index (χ1v) is 9.10. The molecule has 0 unspecified atom stereocenters. The van der Waals surface area contributed by atoms with E-state index in [1.165, 1.54) is 43.9 Å². The fourth-order valence-corrected chi connectivity index (χ4v) is 4.64. The van der Waals surface area contributed by atoms with E-state index in [2.05, 4.69) is 102 Å². The van der Waals surface area contributed by atoms with Crippen molar-refractivity contribution in [2.24, 2.45) is 0 Å². The van der Waals surface area contributed by atoms with Crippen molar-refractivity contribution in [2.75, 3.05) is 0 Å². The summed E-state index contributed by atoms with van der Waals surface area (Å²) in [6.45, 7) is 0.271. The van der Waals surface area contributed by atoms with Gasteiger partial charge < -0.3 is 4.57 Å². The summed E-state index contributed by atoms with van der Waals surface area (Å²) in [7, 11) is 0. The number of para-hydroxylation sites is 3. The van der Waals surface area contributed by atoms with Gasteiger partial charge in [0.25, 0.3) is 0 Å². The third kappa shape index (κ3) is 1.71. The summed E-state index contributed by atoms with van der Waals surface area (Å²) in [5, 5.41) is 2.67. The Balaban J connectivity index is 1.85. The first-order valence-electron chi connectivity index (χ1n) is 9.10. The molecule has 0 amide bonds. The molecule has 0 aliphatic carbocycles. The molecule has 26 heavy (non-hydrogen) atoms. The van der Waals surface area contributed by atoms with Crippen molar-refractivity contribution in [3.8, 4) is 5.69 Å². The van der Waals surface area contributed by atoms with Crippen LogP contribution in [0, 0.1) is 0 Å². The van der Waals surface area contributed by atoms with Gasteiger partial charge in [0.1, 0.15) is 0 Å². The highest BCUT2D eigenvalue weighted by molar-refractivity contribution is 6.98. The first kappa shape index (κ1) is 14.0. The maximum absolute atomic E-state index is 2.45. The van der Waals surface area contributed by atoms with E-state index >= 15 is 0 Å². The highest BCUT2D eigenvalue weighted by Crippen LogP contribution is 2.32. The highest BCUT2D eigenvalue weighted by atomic mass is 15.0. The smallest absolute Gasteiger partial charge is 0.246 e. The van der Waals surface area contributed by atoms with Crippen LogP contribution in [0.1, 0.15) is 0 Å². The Morgan fingerprint density at radius 3 is 2.15 bits per heavy atom. The number of rotatable bonds is 1. The Hall–Kier alpha value is -3.26. The minimum Gasteiger partial charge on any atom is -0.310 e. The van der Waals surface area contributed by atoms with Crippen molar-refractivity contribution < 1.29 is 0 Å². The summed E-state index contributed by atoms with van der Waals surface area (Å²) in [5.74, 6) is 0. The molecule has 4 aromatic carbocycles. The summed E-state index contributed by atoms with van der Waals surface area (Å²) in [4.78, 5) is 0. The van der Waals surface area contributed by atoms with Crippen LogP contribution >= 0.6 is 0 Å². The van der Waals surface area contributed by atoms with Crippen LogP contribution in [0.4, 0.5) is 0 Å². The lowest BCUT2D eigenvalue weighted by molar-refractivity contribution is 1.19. The van der Waals surface area contributed by atoms with Crippen LogP contribution in [0.25, 0.3) is 27.5 Å². The molecule has 1 aromatic heterocycles. The van der Waals surface area contributed by atoms with Gasteiger partial charge in [-0.25, -0.2) is 0 Å². The molecule has 0 saturated heterocycles. The van der Waals surface area contributed by atoms with Gasteiger partial charge in [0.2, 0.25) is 6.71 Å². The second kappa shape index (κ2) is 5.12. The molecule has 0 spiro atoms. The van der Waals surface area contributed by atoms with Crippen LogP contribution in [-0.4, -0.2) is 11.3 Å². The molecule has 1 nitrogen and oxygen atoms in total. The number of nitrogens with zero attached hydrogens (tertiary/aromatic N) is 1. The van der Waals surface area contributed by atoms with Gasteiger partial charge in [0, 0.05) is 22.0 Å². The van der Waals surface area contributed by atoms with Gasteiger partial charge >= 0.3 is 0 Å². The number of hydrogen-bond donors (Lipinski definition) is 0. The number of hydrogen-bond acceptors (Lipinski definition) is 0. The normalized spacial score (nSPS) is 12.5. The lowest BCUT2D eigenvalue weighted by Gasteiger charge is -2.26. The predicted octanol–water partition coefficient (Wildman–Crippen LogP) is 3.61. The molecule has 0 N–H and O–H groups in total. The Labute approximate surface area is 152 Å². The second-order valence-electron chi connectivity index (χ2n) is 7.00. The minimum absolute atomic E-state index is 0.271. The molecule has 2 heteroatoms. The molecule has 120 valence electrons.